The van der Waals surface area contributed by atoms with Crippen molar-refractivity contribution in [1.82, 2.24) is 0 Å². The maximum absolute atomic E-state index is 12.0. The van der Waals surface area contributed by atoms with Crippen molar-refractivity contribution < 1.29 is 14.3 Å². The largest absolute Gasteiger partial charge is 0.333 e. The maximum atomic E-state index is 12.0. The minimum atomic E-state index is -1.05. The van der Waals surface area contributed by atoms with Crippen molar-refractivity contribution in [3.63, 3.8) is 0 Å². The fourth-order valence-corrected chi connectivity index (χ4v) is 1.19. The zero-order valence-electron chi connectivity index (χ0n) is 9.26. The van der Waals surface area contributed by atoms with Crippen LogP contribution < -0.4 is 0 Å². The molecule has 1 rings (SSSR count). The molecule has 0 bridgehead atoms. The van der Waals surface area contributed by atoms with E-state index in [0.29, 0.717) is 5.56 Å². The molecule has 17 heavy (non-hydrogen) atoms. The molecule has 0 saturated carbocycles. The molecule has 0 aliphatic carbocycles. The number of carbonyl (C=O) groups excluding carboxylic acids is 1. The van der Waals surface area contributed by atoms with Gasteiger partial charge in [-0.1, -0.05) is 42.2 Å². The summed E-state index contributed by atoms with van der Waals surface area (Å²) in [5.41, 5.74) is 0.492. The number of Topliss-reactive ketones (excluding diaryl/α,β-unsaturated/α-hetero) is 1. The van der Waals surface area contributed by atoms with Gasteiger partial charge in [-0.3, -0.25) is 4.79 Å². The summed E-state index contributed by atoms with van der Waals surface area (Å²) in [6.07, 6.45) is 9.07. The third kappa shape index (κ3) is 4.12. The van der Waals surface area contributed by atoms with Crippen LogP contribution in [0.5, 0.6) is 0 Å². The summed E-state index contributed by atoms with van der Waals surface area (Å²) in [7, 11) is 0. The topological polar surface area (TPSA) is 35.5 Å². The van der Waals surface area contributed by atoms with Crippen LogP contribution in [0, 0.1) is 24.7 Å². The van der Waals surface area contributed by atoms with E-state index in [4.69, 9.17) is 22.3 Å². The SMILES string of the molecule is C#CCOC(OCC#C)C(=O)c1ccccc1. The van der Waals surface area contributed by atoms with E-state index < -0.39 is 6.29 Å². The Morgan fingerprint density at radius 2 is 1.65 bits per heavy atom. The van der Waals surface area contributed by atoms with Gasteiger partial charge in [0.05, 0.1) is 0 Å². The van der Waals surface area contributed by atoms with Crippen LogP contribution in [0.3, 0.4) is 0 Å². The van der Waals surface area contributed by atoms with E-state index in [1.807, 2.05) is 6.07 Å². The van der Waals surface area contributed by atoms with Crippen molar-refractivity contribution in [2.24, 2.45) is 0 Å². The molecule has 0 aliphatic heterocycles. The van der Waals surface area contributed by atoms with Gasteiger partial charge in [0.15, 0.2) is 0 Å². The van der Waals surface area contributed by atoms with Gasteiger partial charge in [-0.25, -0.2) is 0 Å². The maximum Gasteiger partial charge on any atom is 0.224 e. The molecule has 86 valence electrons. The summed E-state index contributed by atoms with van der Waals surface area (Å²) in [5.74, 6) is 4.25. The number of terminal acetylenes is 2. The summed E-state index contributed by atoms with van der Waals surface area (Å²) in [4.78, 5) is 12.0. The first-order chi connectivity index (χ1) is 8.29. The van der Waals surface area contributed by atoms with E-state index in [-0.39, 0.29) is 19.0 Å². The van der Waals surface area contributed by atoms with Gasteiger partial charge in [0.2, 0.25) is 12.1 Å². The fraction of sp³-hybridized carbons (Fsp3) is 0.214. The average Bonchev–Trinajstić information content (AvgIpc) is 2.39. The highest BCUT2D eigenvalue weighted by Crippen LogP contribution is 2.07. The molecule has 0 unspecified atom stereocenters. The molecule has 3 heteroatoms. The second kappa shape index (κ2) is 7.24. The minimum Gasteiger partial charge on any atom is -0.333 e. The van der Waals surface area contributed by atoms with Gasteiger partial charge in [-0.05, 0) is 0 Å². The Balaban J connectivity index is 2.73. The first-order valence-electron chi connectivity index (χ1n) is 4.99. The number of hydrogen-bond donors (Lipinski definition) is 0. The number of rotatable bonds is 6. The molecule has 0 aromatic heterocycles. The van der Waals surface area contributed by atoms with Crippen molar-refractivity contribution in [2.75, 3.05) is 13.2 Å². The Morgan fingerprint density at radius 1 is 1.12 bits per heavy atom. The highest BCUT2D eigenvalue weighted by Gasteiger charge is 2.20. The number of ketones is 1. The normalized spacial score (nSPS) is 9.59. The predicted molar refractivity (Wildman–Crippen MR) is 64.1 cm³/mol. The monoisotopic (exact) mass is 228 g/mol. The zero-order chi connectivity index (χ0) is 12.5. The molecule has 3 nitrogen and oxygen atoms in total. The van der Waals surface area contributed by atoms with E-state index in [0.717, 1.165) is 0 Å². The van der Waals surface area contributed by atoms with E-state index in [1.165, 1.54) is 0 Å². The molecule has 0 amide bonds. The molecule has 0 saturated heterocycles. The molecule has 1 aromatic carbocycles. The molecule has 0 fully saturated rings. The summed E-state index contributed by atoms with van der Waals surface area (Å²) in [6, 6.07) is 8.68. The van der Waals surface area contributed by atoms with Gasteiger partial charge in [0.1, 0.15) is 13.2 Å². The Kier molecular flexibility index (Phi) is 5.54. The standard InChI is InChI=1S/C14H12O3/c1-3-10-16-14(17-11-4-2)13(15)12-8-6-5-7-9-12/h1-2,5-9,14H,10-11H2. The second-order valence-electron chi connectivity index (χ2n) is 3.09. The first-order valence-corrected chi connectivity index (χ1v) is 4.99. The van der Waals surface area contributed by atoms with E-state index in [2.05, 4.69) is 11.8 Å². The summed E-state index contributed by atoms with van der Waals surface area (Å²) in [5, 5.41) is 0. The molecule has 0 spiro atoms. The number of carbonyl (C=O) groups is 1. The zero-order valence-corrected chi connectivity index (χ0v) is 9.26. The van der Waals surface area contributed by atoms with Crippen LogP contribution in [0.4, 0.5) is 0 Å². The molecular weight excluding hydrogens is 216 g/mol. The Morgan fingerprint density at radius 3 is 2.12 bits per heavy atom. The van der Waals surface area contributed by atoms with E-state index in [9.17, 15) is 4.79 Å². The van der Waals surface area contributed by atoms with Crippen LogP contribution in [0.15, 0.2) is 30.3 Å². The molecule has 0 heterocycles. The van der Waals surface area contributed by atoms with Crippen LogP contribution >= 0.6 is 0 Å². The smallest absolute Gasteiger partial charge is 0.224 e. The van der Waals surface area contributed by atoms with Gasteiger partial charge in [-0.2, -0.15) is 0 Å². The third-order valence-electron chi connectivity index (χ3n) is 1.91. The Bertz CT molecular complexity index is 419. The lowest BCUT2D eigenvalue weighted by Gasteiger charge is -2.14. The van der Waals surface area contributed by atoms with Gasteiger partial charge in [0, 0.05) is 5.56 Å². The molecular formula is C14H12O3. The lowest BCUT2D eigenvalue weighted by molar-refractivity contribution is -0.0951. The number of hydrogen-bond acceptors (Lipinski definition) is 3. The molecule has 1 aromatic rings. The fourth-order valence-electron chi connectivity index (χ4n) is 1.19. The van der Waals surface area contributed by atoms with Crippen molar-refractivity contribution in [3.8, 4) is 24.7 Å². The highest BCUT2D eigenvalue weighted by molar-refractivity contribution is 5.98. The molecule has 0 N–H and O–H groups in total. The summed E-state index contributed by atoms with van der Waals surface area (Å²) in [6.45, 7) is -0.0123. The second-order valence-corrected chi connectivity index (χ2v) is 3.09. The van der Waals surface area contributed by atoms with Crippen LogP contribution in [-0.2, 0) is 9.47 Å². The van der Waals surface area contributed by atoms with Gasteiger partial charge in [-0.15, -0.1) is 12.8 Å². The van der Waals surface area contributed by atoms with E-state index in [1.54, 1.807) is 24.3 Å². The molecule has 0 aliphatic rings. The van der Waals surface area contributed by atoms with Gasteiger partial charge in [0.25, 0.3) is 0 Å². The van der Waals surface area contributed by atoms with Crippen molar-refractivity contribution >= 4 is 5.78 Å². The van der Waals surface area contributed by atoms with Crippen LogP contribution in [0.1, 0.15) is 10.4 Å². The van der Waals surface area contributed by atoms with Gasteiger partial charge >= 0.3 is 0 Å². The number of benzene rings is 1. The summed E-state index contributed by atoms with van der Waals surface area (Å²) >= 11 is 0. The van der Waals surface area contributed by atoms with Crippen LogP contribution in [-0.4, -0.2) is 25.3 Å². The van der Waals surface area contributed by atoms with Crippen molar-refractivity contribution in [1.29, 1.82) is 0 Å². The quantitative estimate of drug-likeness (QED) is 0.420. The third-order valence-corrected chi connectivity index (χ3v) is 1.91. The Labute approximate surface area is 101 Å². The predicted octanol–water partition coefficient (Wildman–Crippen LogP) is 1.50. The highest BCUT2D eigenvalue weighted by atomic mass is 16.7. The van der Waals surface area contributed by atoms with Crippen LogP contribution in [0.2, 0.25) is 0 Å². The lowest BCUT2D eigenvalue weighted by Crippen LogP contribution is -2.28. The van der Waals surface area contributed by atoms with Crippen LogP contribution in [0.25, 0.3) is 0 Å². The van der Waals surface area contributed by atoms with E-state index >= 15 is 0 Å². The molecule has 0 atom stereocenters. The van der Waals surface area contributed by atoms with Crippen molar-refractivity contribution in [3.05, 3.63) is 35.9 Å². The molecule has 0 radical (unpaired) electrons. The van der Waals surface area contributed by atoms with Crippen molar-refractivity contribution in [2.45, 2.75) is 6.29 Å². The lowest BCUT2D eigenvalue weighted by atomic mass is 10.1. The first kappa shape index (κ1) is 13.0. The average molecular weight is 228 g/mol. The number of ether oxygens (including phenoxy) is 2. The van der Waals surface area contributed by atoms with Gasteiger partial charge < -0.3 is 9.47 Å². The minimum absolute atomic E-state index is 0.00614. The summed E-state index contributed by atoms with van der Waals surface area (Å²) < 4.78 is 10.2. The Hall–Kier alpha value is -2.07.